The fourth-order valence-corrected chi connectivity index (χ4v) is 3.62. The van der Waals surface area contributed by atoms with E-state index < -0.39 is 0 Å². The molecule has 4 rings (SSSR count). The molecule has 0 spiro atoms. The highest BCUT2D eigenvalue weighted by atomic mass is 16.5. The van der Waals surface area contributed by atoms with Gasteiger partial charge in [0.15, 0.2) is 0 Å². The predicted molar refractivity (Wildman–Crippen MR) is 93.0 cm³/mol. The Labute approximate surface area is 146 Å². The van der Waals surface area contributed by atoms with Crippen molar-refractivity contribution in [3.05, 3.63) is 42.9 Å². The maximum Gasteiger partial charge on any atom is 0.243 e. The molecule has 3 atom stereocenters. The van der Waals surface area contributed by atoms with Crippen molar-refractivity contribution in [2.24, 2.45) is 5.92 Å². The number of carbonyl (C=O) groups excluding carboxylic acids is 1. The Bertz CT molecular complexity index is 739. The standard InChI is InChI=1S/C18H21N5O2/c24-18(17-14-6-1-2-7-15(14)22-23-17)21-12-4-3-5-13(10-12)25-16-11-19-8-9-20-16/h3-5,8-11,14-15,17,22-23H,1-2,6-7H2,(H,21,24). The number of rotatable bonds is 4. The number of nitrogens with zero attached hydrogens (tertiary/aromatic N) is 2. The zero-order chi connectivity index (χ0) is 17.1. The number of nitrogens with one attached hydrogen (secondary N) is 3. The number of hydrogen-bond acceptors (Lipinski definition) is 6. The van der Waals surface area contributed by atoms with E-state index in [9.17, 15) is 4.79 Å². The Balaban J connectivity index is 1.42. The van der Waals surface area contributed by atoms with Gasteiger partial charge in [0.2, 0.25) is 11.8 Å². The van der Waals surface area contributed by atoms with Crippen LogP contribution in [0.4, 0.5) is 5.69 Å². The number of fused-ring (bicyclic) bond motifs is 1. The van der Waals surface area contributed by atoms with Crippen LogP contribution in [0.25, 0.3) is 0 Å². The van der Waals surface area contributed by atoms with Crippen molar-refractivity contribution in [1.29, 1.82) is 0 Å². The van der Waals surface area contributed by atoms with Crippen LogP contribution >= 0.6 is 0 Å². The average molecular weight is 339 g/mol. The average Bonchev–Trinajstić information content (AvgIpc) is 3.07. The summed E-state index contributed by atoms with van der Waals surface area (Å²) in [6, 6.07) is 7.49. The zero-order valence-corrected chi connectivity index (χ0v) is 13.8. The number of anilines is 1. The van der Waals surface area contributed by atoms with Gasteiger partial charge in [0.1, 0.15) is 11.8 Å². The van der Waals surface area contributed by atoms with E-state index >= 15 is 0 Å². The lowest BCUT2D eigenvalue weighted by atomic mass is 9.81. The highest BCUT2D eigenvalue weighted by Gasteiger charge is 2.40. The Morgan fingerprint density at radius 3 is 3.00 bits per heavy atom. The lowest BCUT2D eigenvalue weighted by Gasteiger charge is -2.26. The van der Waals surface area contributed by atoms with Gasteiger partial charge in [0, 0.05) is 36.1 Å². The Morgan fingerprint density at radius 1 is 1.20 bits per heavy atom. The molecule has 1 aliphatic carbocycles. The van der Waals surface area contributed by atoms with Gasteiger partial charge in [-0.05, 0) is 25.0 Å². The molecule has 25 heavy (non-hydrogen) atoms. The van der Waals surface area contributed by atoms with Crippen LogP contribution in [-0.4, -0.2) is 28.0 Å². The minimum Gasteiger partial charge on any atom is -0.437 e. The molecule has 3 N–H and O–H groups in total. The van der Waals surface area contributed by atoms with Crippen LogP contribution in [0.3, 0.4) is 0 Å². The molecular formula is C18H21N5O2. The number of aromatic nitrogens is 2. The topological polar surface area (TPSA) is 88.2 Å². The SMILES string of the molecule is O=C(Nc1cccc(Oc2cnccn2)c1)C1NNC2CCCCC21. The van der Waals surface area contributed by atoms with E-state index in [1.165, 1.54) is 12.8 Å². The summed E-state index contributed by atoms with van der Waals surface area (Å²) < 4.78 is 5.66. The maximum atomic E-state index is 12.7. The summed E-state index contributed by atoms with van der Waals surface area (Å²) in [6.45, 7) is 0. The van der Waals surface area contributed by atoms with Crippen molar-refractivity contribution >= 4 is 11.6 Å². The van der Waals surface area contributed by atoms with Gasteiger partial charge in [-0.2, -0.15) is 0 Å². The predicted octanol–water partition coefficient (Wildman–Crippen LogP) is 2.24. The molecule has 7 nitrogen and oxygen atoms in total. The Morgan fingerprint density at radius 2 is 2.12 bits per heavy atom. The second kappa shape index (κ2) is 7.16. The van der Waals surface area contributed by atoms with Crippen LogP contribution in [0.15, 0.2) is 42.9 Å². The van der Waals surface area contributed by atoms with E-state index in [-0.39, 0.29) is 11.9 Å². The Hall–Kier alpha value is -2.51. The molecule has 2 aromatic rings. The quantitative estimate of drug-likeness (QED) is 0.792. The molecule has 0 radical (unpaired) electrons. The summed E-state index contributed by atoms with van der Waals surface area (Å²) in [5.41, 5.74) is 7.13. The molecule has 2 aliphatic rings. The molecule has 1 aromatic heterocycles. The van der Waals surface area contributed by atoms with Crippen molar-refractivity contribution in [1.82, 2.24) is 20.8 Å². The van der Waals surface area contributed by atoms with Crippen LogP contribution < -0.4 is 20.9 Å². The van der Waals surface area contributed by atoms with Crippen molar-refractivity contribution in [3.63, 3.8) is 0 Å². The first-order chi connectivity index (χ1) is 12.3. The van der Waals surface area contributed by atoms with E-state index in [0.29, 0.717) is 29.3 Å². The number of benzene rings is 1. The lowest BCUT2D eigenvalue weighted by Crippen LogP contribution is -2.42. The van der Waals surface area contributed by atoms with E-state index in [2.05, 4.69) is 26.1 Å². The molecule has 2 fully saturated rings. The summed E-state index contributed by atoms with van der Waals surface area (Å²) >= 11 is 0. The minimum absolute atomic E-state index is 0.0152. The fourth-order valence-electron chi connectivity index (χ4n) is 3.62. The van der Waals surface area contributed by atoms with Gasteiger partial charge in [0.05, 0.1) is 6.20 Å². The number of ether oxygens (including phenoxy) is 1. The summed E-state index contributed by atoms with van der Waals surface area (Å²) in [6.07, 6.45) is 9.33. The highest BCUT2D eigenvalue weighted by molar-refractivity contribution is 5.95. The van der Waals surface area contributed by atoms with Gasteiger partial charge in [-0.3, -0.25) is 15.2 Å². The zero-order valence-electron chi connectivity index (χ0n) is 13.8. The van der Waals surface area contributed by atoms with Crippen LogP contribution in [0.1, 0.15) is 25.7 Å². The largest absolute Gasteiger partial charge is 0.437 e. The van der Waals surface area contributed by atoms with Crippen molar-refractivity contribution in [3.8, 4) is 11.6 Å². The van der Waals surface area contributed by atoms with E-state index in [1.54, 1.807) is 24.7 Å². The van der Waals surface area contributed by atoms with Crippen molar-refractivity contribution in [2.75, 3.05) is 5.32 Å². The summed E-state index contributed by atoms with van der Waals surface area (Å²) in [7, 11) is 0. The third kappa shape index (κ3) is 3.62. The van der Waals surface area contributed by atoms with Gasteiger partial charge < -0.3 is 10.1 Å². The molecule has 1 saturated carbocycles. The lowest BCUT2D eigenvalue weighted by molar-refractivity contribution is -0.118. The minimum atomic E-state index is -0.199. The first-order valence-corrected chi connectivity index (χ1v) is 8.65. The first-order valence-electron chi connectivity index (χ1n) is 8.65. The number of hydrazine groups is 1. The fraction of sp³-hybridized carbons (Fsp3) is 0.389. The number of hydrogen-bond donors (Lipinski definition) is 3. The molecule has 0 bridgehead atoms. The molecule has 1 amide bonds. The Kier molecular flexibility index (Phi) is 4.58. The monoisotopic (exact) mass is 339 g/mol. The number of amides is 1. The van der Waals surface area contributed by atoms with E-state index in [1.807, 2.05) is 18.2 Å². The third-order valence-electron chi connectivity index (χ3n) is 4.82. The molecule has 2 heterocycles. The van der Waals surface area contributed by atoms with Gasteiger partial charge in [-0.25, -0.2) is 10.4 Å². The summed E-state index contributed by atoms with van der Waals surface area (Å²) in [4.78, 5) is 20.7. The number of carbonyl (C=O) groups is 1. The molecule has 1 aromatic carbocycles. The molecule has 130 valence electrons. The van der Waals surface area contributed by atoms with Crippen molar-refractivity contribution < 1.29 is 9.53 Å². The van der Waals surface area contributed by atoms with Gasteiger partial charge >= 0.3 is 0 Å². The second-order valence-electron chi connectivity index (χ2n) is 6.48. The highest BCUT2D eigenvalue weighted by Crippen LogP contribution is 2.31. The third-order valence-corrected chi connectivity index (χ3v) is 4.82. The molecule has 1 aliphatic heterocycles. The van der Waals surface area contributed by atoms with Crippen LogP contribution in [0.5, 0.6) is 11.6 Å². The maximum absolute atomic E-state index is 12.7. The summed E-state index contributed by atoms with van der Waals surface area (Å²) in [5.74, 6) is 1.36. The van der Waals surface area contributed by atoms with Crippen LogP contribution in [0, 0.1) is 5.92 Å². The van der Waals surface area contributed by atoms with Crippen LogP contribution in [0.2, 0.25) is 0 Å². The van der Waals surface area contributed by atoms with E-state index in [4.69, 9.17) is 4.74 Å². The molecular weight excluding hydrogens is 318 g/mol. The first kappa shape index (κ1) is 16.0. The second-order valence-corrected chi connectivity index (χ2v) is 6.48. The van der Waals surface area contributed by atoms with Gasteiger partial charge in [0.25, 0.3) is 0 Å². The normalized spacial score (nSPS) is 25.2. The van der Waals surface area contributed by atoms with Gasteiger partial charge in [-0.15, -0.1) is 0 Å². The summed E-state index contributed by atoms with van der Waals surface area (Å²) in [5, 5.41) is 2.99. The smallest absolute Gasteiger partial charge is 0.243 e. The van der Waals surface area contributed by atoms with Crippen molar-refractivity contribution in [2.45, 2.75) is 37.8 Å². The molecule has 1 saturated heterocycles. The van der Waals surface area contributed by atoms with Crippen LogP contribution in [-0.2, 0) is 4.79 Å². The van der Waals surface area contributed by atoms with Gasteiger partial charge in [-0.1, -0.05) is 18.9 Å². The molecule has 7 heteroatoms. The van der Waals surface area contributed by atoms with E-state index in [0.717, 1.165) is 12.8 Å². The molecule has 3 unspecified atom stereocenters.